The molecule has 0 heterocycles. The van der Waals surface area contributed by atoms with Crippen LogP contribution in [0.1, 0.15) is 38.2 Å². The zero-order chi connectivity index (χ0) is 19.8. The van der Waals surface area contributed by atoms with E-state index in [1.165, 1.54) is 0 Å². The van der Waals surface area contributed by atoms with Crippen LogP contribution in [0.15, 0.2) is 30.3 Å². The Balaban J connectivity index is 0. The molecule has 1 rings (SSSR count). The highest BCUT2D eigenvalue weighted by atomic mass is 35.5. The lowest BCUT2D eigenvalue weighted by atomic mass is 10.2. The van der Waals surface area contributed by atoms with Gasteiger partial charge in [0.2, 0.25) is 11.8 Å². The molecular weight excluding hydrogens is 415 g/mol. The zero-order valence-corrected chi connectivity index (χ0v) is 17.6. The van der Waals surface area contributed by atoms with Crippen LogP contribution in [-0.2, 0) is 20.9 Å². The first-order chi connectivity index (χ1) is 12.4. The summed E-state index contributed by atoms with van der Waals surface area (Å²) in [6.45, 7) is 2.13. The summed E-state index contributed by atoms with van der Waals surface area (Å²) < 4.78 is 0. The van der Waals surface area contributed by atoms with Gasteiger partial charge < -0.3 is 15.7 Å². The van der Waals surface area contributed by atoms with E-state index >= 15 is 0 Å². The van der Waals surface area contributed by atoms with E-state index in [-0.39, 0.29) is 30.6 Å². The Morgan fingerprint density at radius 2 is 1.59 bits per heavy atom. The van der Waals surface area contributed by atoms with Crippen molar-refractivity contribution in [3.63, 3.8) is 0 Å². The fourth-order valence-electron chi connectivity index (χ4n) is 1.76. The number of hydrogen-bond acceptors (Lipinski definition) is 3. The van der Waals surface area contributed by atoms with Gasteiger partial charge in [-0.1, -0.05) is 30.3 Å². The van der Waals surface area contributed by atoms with Crippen LogP contribution in [0.3, 0.4) is 0 Å². The number of aliphatic carboxylic acids is 1. The van der Waals surface area contributed by atoms with Crippen LogP contribution in [0.2, 0.25) is 0 Å². The summed E-state index contributed by atoms with van der Waals surface area (Å²) in [7, 11) is 0. The number of rotatable bonds is 10. The Hall–Kier alpha value is -1.50. The van der Waals surface area contributed by atoms with Crippen LogP contribution in [0.5, 0.6) is 0 Å². The van der Waals surface area contributed by atoms with Crippen LogP contribution in [0, 0.1) is 0 Å². The maximum atomic E-state index is 11.8. The van der Waals surface area contributed by atoms with Crippen LogP contribution in [-0.4, -0.2) is 40.7 Å². The molecule has 0 aliphatic carbocycles. The third kappa shape index (κ3) is 16.4. The van der Waals surface area contributed by atoms with Gasteiger partial charge >= 0.3 is 5.97 Å². The topological polar surface area (TPSA) is 95.5 Å². The SMILES string of the molecule is CC(NC(=O)CCCCl)C(=O)NCc1ccccc1.Cl.O=C(O)CCCCl. The summed E-state index contributed by atoms with van der Waals surface area (Å²) in [5.41, 5.74) is 1.02. The van der Waals surface area contributed by atoms with Crippen molar-refractivity contribution in [2.75, 3.05) is 11.8 Å². The Morgan fingerprint density at radius 1 is 1.04 bits per heavy atom. The Bertz CT molecular complexity index is 545. The number of carbonyl (C=O) groups is 3. The number of hydrogen-bond donors (Lipinski definition) is 3. The Labute approximate surface area is 176 Å². The number of carbonyl (C=O) groups excluding carboxylic acids is 2. The summed E-state index contributed by atoms with van der Waals surface area (Å²) in [4.78, 5) is 32.9. The highest BCUT2D eigenvalue weighted by molar-refractivity contribution is 6.18. The van der Waals surface area contributed by atoms with E-state index in [2.05, 4.69) is 10.6 Å². The molecule has 2 amide bonds. The van der Waals surface area contributed by atoms with Crippen molar-refractivity contribution in [1.82, 2.24) is 10.6 Å². The van der Waals surface area contributed by atoms with Crippen molar-refractivity contribution >= 4 is 53.4 Å². The maximum Gasteiger partial charge on any atom is 0.303 e. The van der Waals surface area contributed by atoms with E-state index < -0.39 is 12.0 Å². The second-order valence-electron chi connectivity index (χ2n) is 5.47. The summed E-state index contributed by atoms with van der Waals surface area (Å²) in [5, 5.41) is 13.4. The minimum absolute atomic E-state index is 0. The van der Waals surface area contributed by atoms with Crippen molar-refractivity contribution in [1.29, 1.82) is 0 Å². The minimum atomic E-state index is -0.777. The molecule has 1 atom stereocenters. The van der Waals surface area contributed by atoms with Gasteiger partial charge in [-0.05, 0) is 25.3 Å². The first-order valence-electron chi connectivity index (χ1n) is 8.35. The number of alkyl halides is 2. The highest BCUT2D eigenvalue weighted by Crippen LogP contribution is 1.98. The van der Waals surface area contributed by atoms with Crippen LogP contribution < -0.4 is 10.6 Å². The fraction of sp³-hybridized carbons (Fsp3) is 0.500. The lowest BCUT2D eigenvalue weighted by Gasteiger charge is -2.14. The van der Waals surface area contributed by atoms with Crippen molar-refractivity contribution < 1.29 is 19.5 Å². The van der Waals surface area contributed by atoms with Crippen LogP contribution >= 0.6 is 35.6 Å². The highest BCUT2D eigenvalue weighted by Gasteiger charge is 2.14. The molecule has 0 aliphatic rings. The smallest absolute Gasteiger partial charge is 0.303 e. The molecule has 0 fully saturated rings. The van der Waals surface area contributed by atoms with Gasteiger partial charge in [-0.2, -0.15) is 0 Å². The molecule has 3 N–H and O–H groups in total. The lowest BCUT2D eigenvalue weighted by molar-refractivity contribution is -0.137. The van der Waals surface area contributed by atoms with E-state index in [4.69, 9.17) is 28.3 Å². The molecule has 1 unspecified atom stereocenters. The second-order valence-corrected chi connectivity index (χ2v) is 6.23. The first-order valence-corrected chi connectivity index (χ1v) is 9.42. The van der Waals surface area contributed by atoms with Gasteiger partial charge in [-0.25, -0.2) is 0 Å². The second kappa shape index (κ2) is 17.9. The molecule has 9 heteroatoms. The standard InChI is InChI=1S/C14H19ClN2O2.C4H7ClO2.ClH/c1-11(17-13(18)8-5-9-15)14(19)16-10-12-6-3-2-4-7-12;5-3-1-2-4(6)7;/h2-4,6-7,11H,5,8-10H2,1H3,(H,16,19)(H,17,18);1-3H2,(H,6,7);1H. The van der Waals surface area contributed by atoms with Gasteiger partial charge in [-0.15, -0.1) is 35.6 Å². The van der Waals surface area contributed by atoms with Gasteiger partial charge in [0.15, 0.2) is 0 Å². The predicted molar refractivity (Wildman–Crippen MR) is 111 cm³/mol. The average molecular weight is 442 g/mol. The third-order valence-corrected chi connectivity index (χ3v) is 3.68. The monoisotopic (exact) mass is 440 g/mol. The summed E-state index contributed by atoms with van der Waals surface area (Å²) in [6.07, 6.45) is 1.71. The minimum Gasteiger partial charge on any atom is -0.481 e. The first kappa shape index (κ1) is 27.7. The molecule has 0 radical (unpaired) electrons. The molecule has 1 aromatic rings. The predicted octanol–water partition coefficient (Wildman–Crippen LogP) is 3.34. The maximum absolute atomic E-state index is 11.8. The van der Waals surface area contributed by atoms with Crippen molar-refractivity contribution in [2.45, 2.75) is 45.2 Å². The van der Waals surface area contributed by atoms with Crippen LogP contribution in [0.4, 0.5) is 0 Å². The molecule has 0 bridgehead atoms. The molecule has 1 aromatic carbocycles. The number of benzene rings is 1. The number of halogens is 3. The van der Waals surface area contributed by atoms with Gasteiger partial charge in [0.1, 0.15) is 6.04 Å². The fourth-order valence-corrected chi connectivity index (χ4v) is 2.03. The summed E-state index contributed by atoms with van der Waals surface area (Å²) in [6, 6.07) is 9.09. The lowest BCUT2D eigenvalue weighted by Crippen LogP contribution is -2.44. The zero-order valence-electron chi connectivity index (χ0n) is 15.2. The number of carboxylic acid groups (broad SMARTS) is 1. The molecular formula is C18H27Cl3N2O4. The van der Waals surface area contributed by atoms with Crippen LogP contribution in [0.25, 0.3) is 0 Å². The molecule has 0 saturated heterocycles. The molecule has 6 nitrogen and oxygen atoms in total. The molecule has 0 aromatic heterocycles. The van der Waals surface area contributed by atoms with Crippen molar-refractivity contribution in [2.24, 2.45) is 0 Å². The normalized spacial score (nSPS) is 10.5. The number of amides is 2. The molecule has 0 saturated carbocycles. The quantitative estimate of drug-likeness (QED) is 0.485. The summed E-state index contributed by atoms with van der Waals surface area (Å²) in [5.74, 6) is -0.236. The molecule has 0 aliphatic heterocycles. The van der Waals surface area contributed by atoms with Crippen molar-refractivity contribution in [3.05, 3.63) is 35.9 Å². The largest absolute Gasteiger partial charge is 0.481 e. The molecule has 154 valence electrons. The van der Waals surface area contributed by atoms with Gasteiger partial charge in [0.25, 0.3) is 0 Å². The van der Waals surface area contributed by atoms with E-state index in [0.717, 1.165) is 5.56 Å². The third-order valence-electron chi connectivity index (χ3n) is 3.14. The summed E-state index contributed by atoms with van der Waals surface area (Å²) >= 11 is 10.7. The molecule has 27 heavy (non-hydrogen) atoms. The Morgan fingerprint density at radius 3 is 2.07 bits per heavy atom. The van der Waals surface area contributed by atoms with Gasteiger partial charge in [0.05, 0.1) is 0 Å². The van der Waals surface area contributed by atoms with E-state index in [1.54, 1.807) is 6.92 Å². The van der Waals surface area contributed by atoms with Gasteiger partial charge in [-0.3, -0.25) is 14.4 Å². The number of nitrogens with one attached hydrogen (secondary N) is 2. The van der Waals surface area contributed by atoms with Gasteiger partial charge in [0, 0.05) is 31.1 Å². The van der Waals surface area contributed by atoms with E-state index in [0.29, 0.717) is 37.6 Å². The van der Waals surface area contributed by atoms with E-state index in [1.807, 2.05) is 30.3 Å². The average Bonchev–Trinajstić information content (AvgIpc) is 2.63. The molecule has 0 spiro atoms. The number of carboxylic acids is 1. The van der Waals surface area contributed by atoms with E-state index in [9.17, 15) is 14.4 Å². The van der Waals surface area contributed by atoms with Crippen molar-refractivity contribution in [3.8, 4) is 0 Å². The Kier molecular flexibility index (Phi) is 18.4.